The van der Waals surface area contributed by atoms with E-state index < -0.39 is 5.41 Å². The molecule has 0 aliphatic rings. The Hall–Kier alpha value is -1.44. The SMILES string of the molecule is Cc1ccccc1C(=O)CC(=O)C(C)(C)C. The molecular weight excluding hydrogens is 200 g/mol. The van der Waals surface area contributed by atoms with Crippen LogP contribution in [0.5, 0.6) is 0 Å². The Bertz CT molecular complexity index is 411. The van der Waals surface area contributed by atoms with E-state index in [2.05, 4.69) is 0 Å². The van der Waals surface area contributed by atoms with Crippen LogP contribution in [0.1, 0.15) is 43.1 Å². The van der Waals surface area contributed by atoms with Gasteiger partial charge in [0.05, 0.1) is 6.42 Å². The van der Waals surface area contributed by atoms with Crippen molar-refractivity contribution in [3.8, 4) is 0 Å². The lowest BCUT2D eigenvalue weighted by Gasteiger charge is -2.16. The number of carbonyl (C=O) groups is 2. The molecule has 0 atom stereocenters. The van der Waals surface area contributed by atoms with Crippen LogP contribution in [0.25, 0.3) is 0 Å². The lowest BCUT2D eigenvalue weighted by molar-refractivity contribution is -0.125. The van der Waals surface area contributed by atoms with Gasteiger partial charge in [0.1, 0.15) is 5.78 Å². The lowest BCUT2D eigenvalue weighted by Crippen LogP contribution is -2.23. The van der Waals surface area contributed by atoms with Gasteiger partial charge in [-0.15, -0.1) is 0 Å². The molecule has 0 fully saturated rings. The molecule has 1 rings (SSSR count). The zero-order valence-corrected chi connectivity index (χ0v) is 10.3. The van der Waals surface area contributed by atoms with Gasteiger partial charge in [0.15, 0.2) is 5.78 Å². The molecule has 1 aromatic rings. The van der Waals surface area contributed by atoms with E-state index in [9.17, 15) is 9.59 Å². The molecule has 86 valence electrons. The van der Waals surface area contributed by atoms with Crippen LogP contribution in [0.2, 0.25) is 0 Å². The van der Waals surface area contributed by atoms with Gasteiger partial charge in [-0.2, -0.15) is 0 Å². The Morgan fingerprint density at radius 2 is 1.69 bits per heavy atom. The van der Waals surface area contributed by atoms with Crippen molar-refractivity contribution in [3.05, 3.63) is 35.4 Å². The van der Waals surface area contributed by atoms with Crippen LogP contribution in [0.4, 0.5) is 0 Å². The first-order valence-corrected chi connectivity index (χ1v) is 5.44. The van der Waals surface area contributed by atoms with Crippen molar-refractivity contribution in [1.82, 2.24) is 0 Å². The molecule has 0 saturated carbocycles. The van der Waals surface area contributed by atoms with Gasteiger partial charge in [0.2, 0.25) is 0 Å². The second kappa shape index (κ2) is 4.60. The van der Waals surface area contributed by atoms with E-state index in [1.165, 1.54) is 0 Å². The van der Waals surface area contributed by atoms with Crippen LogP contribution in [0.3, 0.4) is 0 Å². The minimum Gasteiger partial charge on any atom is -0.299 e. The van der Waals surface area contributed by atoms with Gasteiger partial charge in [-0.25, -0.2) is 0 Å². The molecule has 0 amide bonds. The van der Waals surface area contributed by atoms with Crippen molar-refractivity contribution >= 4 is 11.6 Å². The summed E-state index contributed by atoms with van der Waals surface area (Å²) in [5, 5.41) is 0. The van der Waals surface area contributed by atoms with E-state index in [4.69, 9.17) is 0 Å². The minimum absolute atomic E-state index is 0.00560. The molecule has 0 unspecified atom stereocenters. The Labute approximate surface area is 96.7 Å². The summed E-state index contributed by atoms with van der Waals surface area (Å²) in [6.45, 7) is 7.39. The maximum atomic E-state index is 11.9. The molecule has 0 aliphatic heterocycles. The molecule has 0 aliphatic carbocycles. The Morgan fingerprint density at radius 1 is 1.12 bits per heavy atom. The van der Waals surface area contributed by atoms with Crippen molar-refractivity contribution in [3.63, 3.8) is 0 Å². The molecular formula is C14H18O2. The number of Topliss-reactive ketones (excluding diaryl/α,β-unsaturated/α-hetero) is 2. The Morgan fingerprint density at radius 3 is 2.19 bits per heavy atom. The molecule has 2 heteroatoms. The smallest absolute Gasteiger partial charge is 0.170 e. The molecule has 0 heterocycles. The number of rotatable bonds is 3. The summed E-state index contributed by atoms with van der Waals surface area (Å²) in [4.78, 5) is 23.6. The van der Waals surface area contributed by atoms with E-state index in [-0.39, 0.29) is 18.0 Å². The summed E-state index contributed by atoms with van der Waals surface area (Å²) in [7, 11) is 0. The number of aryl methyl sites for hydroxylation is 1. The zero-order valence-electron chi connectivity index (χ0n) is 10.3. The van der Waals surface area contributed by atoms with Crippen LogP contribution >= 0.6 is 0 Å². The predicted molar refractivity (Wildman–Crippen MR) is 64.6 cm³/mol. The highest BCUT2D eigenvalue weighted by Gasteiger charge is 2.24. The highest BCUT2D eigenvalue weighted by Crippen LogP contribution is 2.19. The van der Waals surface area contributed by atoms with E-state index in [0.717, 1.165) is 5.56 Å². The van der Waals surface area contributed by atoms with Crippen molar-refractivity contribution in [2.75, 3.05) is 0 Å². The highest BCUT2D eigenvalue weighted by atomic mass is 16.1. The molecule has 0 radical (unpaired) electrons. The molecule has 0 bridgehead atoms. The Balaban J connectivity index is 2.82. The minimum atomic E-state index is -0.446. The molecule has 0 spiro atoms. The monoisotopic (exact) mass is 218 g/mol. The van der Waals surface area contributed by atoms with Gasteiger partial charge in [-0.05, 0) is 12.5 Å². The summed E-state index contributed by atoms with van der Waals surface area (Å²) in [6.07, 6.45) is -0.00560. The van der Waals surface area contributed by atoms with E-state index in [1.807, 2.05) is 45.9 Å². The largest absolute Gasteiger partial charge is 0.299 e. The van der Waals surface area contributed by atoms with Crippen LogP contribution in [0.15, 0.2) is 24.3 Å². The first kappa shape index (κ1) is 12.6. The van der Waals surface area contributed by atoms with E-state index >= 15 is 0 Å². The number of ketones is 2. The number of carbonyl (C=O) groups excluding carboxylic acids is 2. The fraction of sp³-hybridized carbons (Fsp3) is 0.429. The van der Waals surface area contributed by atoms with E-state index in [1.54, 1.807) is 6.07 Å². The molecule has 0 saturated heterocycles. The van der Waals surface area contributed by atoms with Gasteiger partial charge in [0.25, 0.3) is 0 Å². The van der Waals surface area contributed by atoms with Crippen molar-refractivity contribution in [2.45, 2.75) is 34.1 Å². The number of benzene rings is 1. The van der Waals surface area contributed by atoms with Crippen LogP contribution < -0.4 is 0 Å². The average Bonchev–Trinajstić information content (AvgIpc) is 2.16. The third kappa shape index (κ3) is 3.02. The molecule has 0 N–H and O–H groups in total. The van der Waals surface area contributed by atoms with Gasteiger partial charge in [-0.3, -0.25) is 9.59 Å². The number of hydrogen-bond donors (Lipinski definition) is 0. The van der Waals surface area contributed by atoms with Gasteiger partial charge in [-0.1, -0.05) is 45.0 Å². The standard InChI is InChI=1S/C14H18O2/c1-10-7-5-6-8-11(10)12(15)9-13(16)14(2,3)4/h5-8H,9H2,1-4H3. The summed E-state index contributed by atoms with van der Waals surface area (Å²) in [5.41, 5.74) is 1.13. The fourth-order valence-corrected chi connectivity index (χ4v) is 1.39. The quantitative estimate of drug-likeness (QED) is 0.576. The molecule has 0 aromatic heterocycles. The topological polar surface area (TPSA) is 34.1 Å². The van der Waals surface area contributed by atoms with Crippen molar-refractivity contribution in [1.29, 1.82) is 0 Å². The summed E-state index contributed by atoms with van der Waals surface area (Å²) in [5.74, 6) is -0.0984. The van der Waals surface area contributed by atoms with Gasteiger partial charge >= 0.3 is 0 Å². The fourth-order valence-electron chi connectivity index (χ4n) is 1.39. The molecule has 2 nitrogen and oxygen atoms in total. The molecule has 16 heavy (non-hydrogen) atoms. The lowest BCUT2D eigenvalue weighted by atomic mass is 9.86. The first-order chi connectivity index (χ1) is 7.32. The summed E-state index contributed by atoms with van der Waals surface area (Å²) in [6, 6.07) is 7.36. The second-order valence-corrected chi connectivity index (χ2v) is 5.09. The first-order valence-electron chi connectivity index (χ1n) is 5.44. The molecule has 1 aromatic carbocycles. The predicted octanol–water partition coefficient (Wildman–Crippen LogP) is 3.18. The van der Waals surface area contributed by atoms with Crippen molar-refractivity contribution < 1.29 is 9.59 Å². The summed E-state index contributed by atoms with van der Waals surface area (Å²) < 4.78 is 0. The number of hydrogen-bond acceptors (Lipinski definition) is 2. The van der Waals surface area contributed by atoms with Crippen molar-refractivity contribution in [2.24, 2.45) is 5.41 Å². The van der Waals surface area contributed by atoms with E-state index in [0.29, 0.717) is 5.56 Å². The highest BCUT2D eigenvalue weighted by molar-refractivity contribution is 6.09. The average molecular weight is 218 g/mol. The maximum absolute atomic E-state index is 11.9. The van der Waals surface area contributed by atoms with Crippen LogP contribution in [-0.4, -0.2) is 11.6 Å². The zero-order chi connectivity index (χ0) is 12.3. The second-order valence-electron chi connectivity index (χ2n) is 5.09. The van der Waals surface area contributed by atoms with Crippen LogP contribution in [-0.2, 0) is 4.79 Å². The maximum Gasteiger partial charge on any atom is 0.170 e. The normalized spacial score (nSPS) is 11.2. The van der Waals surface area contributed by atoms with Gasteiger partial charge in [0, 0.05) is 11.0 Å². The third-order valence-electron chi connectivity index (χ3n) is 2.60. The Kier molecular flexibility index (Phi) is 3.63. The summed E-state index contributed by atoms with van der Waals surface area (Å²) >= 11 is 0. The third-order valence-corrected chi connectivity index (χ3v) is 2.60. The van der Waals surface area contributed by atoms with Crippen LogP contribution in [0, 0.1) is 12.3 Å². The van der Waals surface area contributed by atoms with Gasteiger partial charge < -0.3 is 0 Å².